The highest BCUT2D eigenvalue weighted by Gasteiger charge is 2.09. The quantitative estimate of drug-likeness (QED) is 0.393. The number of benzene rings is 3. The molecule has 1 aromatic heterocycles. The molecule has 26 heavy (non-hydrogen) atoms. The molecule has 4 rings (SSSR count). The molecular formula is C22H21N3O. The molecule has 4 heteroatoms. The smallest absolute Gasteiger partial charge is 0.213 e. The van der Waals surface area contributed by atoms with E-state index in [4.69, 9.17) is 10.1 Å². The van der Waals surface area contributed by atoms with Crippen LogP contribution in [-0.2, 0) is 4.74 Å². The first kappa shape index (κ1) is 17.4. The van der Waals surface area contributed by atoms with Gasteiger partial charge in [0, 0.05) is 5.56 Å². The highest BCUT2D eigenvalue weighted by Crippen LogP contribution is 2.23. The minimum absolute atomic E-state index is 0.229. The zero-order valence-corrected chi connectivity index (χ0v) is 14.6. The number of H-pyrrole nitrogens is 1. The molecule has 4 nitrogen and oxygen atoms in total. The van der Waals surface area contributed by atoms with Gasteiger partial charge in [-0.2, -0.15) is 0 Å². The lowest BCUT2D eigenvalue weighted by Gasteiger charge is -2.10. The molecule has 0 aliphatic carbocycles. The molecule has 4 aromatic rings. The summed E-state index contributed by atoms with van der Waals surface area (Å²) in [6.07, 6.45) is 1.70. The van der Waals surface area contributed by atoms with E-state index in [0.29, 0.717) is 6.61 Å². The molecule has 0 saturated carbocycles. The standard InChI is InChI=1S/C15H15NO.C7H6N2/c1-2-17-15(16)14-11-7-6-10-13(14)12-8-4-3-5-9-12;1-2-4-7-6(3-1)8-5-9-7/h3-11,16H,2H2,1H3;1-5H,(H,8,9). The van der Waals surface area contributed by atoms with E-state index in [2.05, 4.69) is 9.97 Å². The van der Waals surface area contributed by atoms with Crippen molar-refractivity contribution in [3.63, 3.8) is 0 Å². The minimum atomic E-state index is 0.229. The molecule has 0 bridgehead atoms. The summed E-state index contributed by atoms with van der Waals surface area (Å²) in [6, 6.07) is 25.8. The van der Waals surface area contributed by atoms with Gasteiger partial charge in [0.25, 0.3) is 0 Å². The number of rotatable bonds is 3. The van der Waals surface area contributed by atoms with E-state index in [1.165, 1.54) is 0 Å². The molecule has 0 aliphatic heterocycles. The predicted octanol–water partition coefficient (Wildman–Crippen LogP) is 5.28. The minimum Gasteiger partial charge on any atom is -0.478 e. The summed E-state index contributed by atoms with van der Waals surface area (Å²) < 4.78 is 5.27. The SMILES string of the molecule is CCOC(=N)c1ccccc1-c1ccccc1.c1ccc2[nH]cnc2c1. The summed E-state index contributed by atoms with van der Waals surface area (Å²) in [4.78, 5) is 7.07. The van der Waals surface area contributed by atoms with Crippen LogP contribution in [-0.4, -0.2) is 22.5 Å². The van der Waals surface area contributed by atoms with Crippen molar-refractivity contribution in [2.45, 2.75) is 6.92 Å². The lowest BCUT2D eigenvalue weighted by Crippen LogP contribution is -2.06. The van der Waals surface area contributed by atoms with Gasteiger partial charge in [-0.05, 0) is 36.2 Å². The second kappa shape index (κ2) is 8.62. The van der Waals surface area contributed by atoms with Crippen molar-refractivity contribution in [1.29, 1.82) is 5.41 Å². The van der Waals surface area contributed by atoms with Crippen molar-refractivity contribution in [2.24, 2.45) is 0 Å². The number of imidazole rings is 1. The van der Waals surface area contributed by atoms with Gasteiger partial charge in [0.2, 0.25) is 5.90 Å². The van der Waals surface area contributed by atoms with Crippen LogP contribution in [0.5, 0.6) is 0 Å². The van der Waals surface area contributed by atoms with E-state index in [-0.39, 0.29) is 5.90 Å². The fourth-order valence-corrected chi connectivity index (χ4v) is 2.65. The van der Waals surface area contributed by atoms with Crippen LogP contribution in [0.25, 0.3) is 22.2 Å². The first-order valence-corrected chi connectivity index (χ1v) is 8.54. The normalized spacial score (nSPS) is 10.0. The monoisotopic (exact) mass is 343 g/mol. The third-order valence-electron chi connectivity index (χ3n) is 3.87. The van der Waals surface area contributed by atoms with Crippen LogP contribution < -0.4 is 0 Å². The van der Waals surface area contributed by atoms with Crippen molar-refractivity contribution >= 4 is 16.9 Å². The highest BCUT2D eigenvalue weighted by atomic mass is 16.5. The van der Waals surface area contributed by atoms with Gasteiger partial charge in [0.15, 0.2) is 0 Å². The van der Waals surface area contributed by atoms with Crippen LogP contribution in [0.1, 0.15) is 12.5 Å². The first-order valence-electron chi connectivity index (χ1n) is 8.54. The van der Waals surface area contributed by atoms with Gasteiger partial charge in [-0.3, -0.25) is 5.41 Å². The molecule has 0 amide bonds. The van der Waals surface area contributed by atoms with Gasteiger partial charge in [-0.15, -0.1) is 0 Å². The van der Waals surface area contributed by atoms with E-state index in [0.717, 1.165) is 27.7 Å². The maximum absolute atomic E-state index is 7.90. The second-order valence-electron chi connectivity index (χ2n) is 5.59. The van der Waals surface area contributed by atoms with Crippen molar-refractivity contribution in [3.05, 3.63) is 90.8 Å². The Balaban J connectivity index is 0.000000181. The van der Waals surface area contributed by atoms with Crippen molar-refractivity contribution in [3.8, 4) is 11.1 Å². The highest BCUT2D eigenvalue weighted by molar-refractivity contribution is 5.98. The fraction of sp³-hybridized carbons (Fsp3) is 0.0909. The number of nitrogens with zero attached hydrogens (tertiary/aromatic N) is 1. The lowest BCUT2D eigenvalue weighted by atomic mass is 10.00. The lowest BCUT2D eigenvalue weighted by molar-refractivity contribution is 0.326. The van der Waals surface area contributed by atoms with Crippen LogP contribution in [0.15, 0.2) is 85.2 Å². The Bertz CT molecular complexity index is 947. The van der Waals surface area contributed by atoms with Crippen LogP contribution in [0.4, 0.5) is 0 Å². The average molecular weight is 343 g/mol. The Morgan fingerprint density at radius 3 is 2.38 bits per heavy atom. The summed E-state index contributed by atoms with van der Waals surface area (Å²) in [5, 5.41) is 7.90. The molecule has 0 spiro atoms. The molecule has 0 fully saturated rings. The number of nitrogens with one attached hydrogen (secondary N) is 2. The third-order valence-corrected chi connectivity index (χ3v) is 3.87. The molecule has 0 radical (unpaired) electrons. The van der Waals surface area contributed by atoms with E-state index >= 15 is 0 Å². The summed E-state index contributed by atoms with van der Waals surface area (Å²) in [6.45, 7) is 2.40. The molecule has 1 heterocycles. The van der Waals surface area contributed by atoms with Gasteiger partial charge < -0.3 is 9.72 Å². The molecule has 130 valence electrons. The zero-order valence-electron chi connectivity index (χ0n) is 14.6. The number of hydrogen-bond donors (Lipinski definition) is 2. The van der Waals surface area contributed by atoms with Gasteiger partial charge >= 0.3 is 0 Å². The predicted molar refractivity (Wildman–Crippen MR) is 106 cm³/mol. The molecule has 0 saturated heterocycles. The first-order chi connectivity index (χ1) is 12.8. The fourth-order valence-electron chi connectivity index (χ4n) is 2.65. The maximum atomic E-state index is 7.90. The van der Waals surface area contributed by atoms with Crippen LogP contribution in [0.2, 0.25) is 0 Å². The largest absolute Gasteiger partial charge is 0.478 e. The second-order valence-corrected chi connectivity index (χ2v) is 5.59. The molecule has 3 aromatic carbocycles. The zero-order chi connectivity index (χ0) is 18.2. The summed E-state index contributed by atoms with van der Waals surface area (Å²) in [7, 11) is 0. The molecular weight excluding hydrogens is 322 g/mol. The Morgan fingerprint density at radius 1 is 0.923 bits per heavy atom. The number of hydrogen-bond acceptors (Lipinski definition) is 3. The molecule has 0 unspecified atom stereocenters. The van der Waals surface area contributed by atoms with E-state index in [1.807, 2.05) is 85.8 Å². The van der Waals surface area contributed by atoms with Crippen molar-refractivity contribution in [1.82, 2.24) is 9.97 Å². The van der Waals surface area contributed by atoms with Gasteiger partial charge in [-0.1, -0.05) is 60.7 Å². The molecule has 2 N–H and O–H groups in total. The van der Waals surface area contributed by atoms with Crippen molar-refractivity contribution < 1.29 is 4.74 Å². The van der Waals surface area contributed by atoms with Gasteiger partial charge in [0.1, 0.15) is 0 Å². The number of aromatic nitrogens is 2. The Kier molecular flexibility index (Phi) is 5.78. The Morgan fingerprint density at radius 2 is 1.62 bits per heavy atom. The van der Waals surface area contributed by atoms with E-state index < -0.39 is 0 Å². The third kappa shape index (κ3) is 4.16. The van der Waals surface area contributed by atoms with Crippen LogP contribution >= 0.6 is 0 Å². The molecule has 0 atom stereocenters. The maximum Gasteiger partial charge on any atom is 0.213 e. The van der Waals surface area contributed by atoms with Crippen molar-refractivity contribution in [2.75, 3.05) is 6.61 Å². The summed E-state index contributed by atoms with van der Waals surface area (Å²) in [5.41, 5.74) is 5.09. The van der Waals surface area contributed by atoms with Crippen LogP contribution in [0.3, 0.4) is 0 Å². The van der Waals surface area contributed by atoms with Gasteiger partial charge in [-0.25, -0.2) is 4.98 Å². The van der Waals surface area contributed by atoms with Crippen LogP contribution in [0, 0.1) is 5.41 Å². The average Bonchev–Trinajstić information content (AvgIpc) is 3.18. The number of aromatic amines is 1. The van der Waals surface area contributed by atoms with E-state index in [9.17, 15) is 0 Å². The molecule has 0 aliphatic rings. The Labute approximate surface area is 153 Å². The Hall–Kier alpha value is -3.40. The number of ether oxygens (including phenoxy) is 1. The summed E-state index contributed by atoms with van der Waals surface area (Å²) >= 11 is 0. The summed E-state index contributed by atoms with van der Waals surface area (Å²) in [5.74, 6) is 0.229. The topological polar surface area (TPSA) is 61.8 Å². The van der Waals surface area contributed by atoms with Gasteiger partial charge in [0.05, 0.1) is 24.0 Å². The number of fused-ring (bicyclic) bond motifs is 1. The van der Waals surface area contributed by atoms with E-state index in [1.54, 1.807) is 6.33 Å². The number of para-hydroxylation sites is 2.